The number of fused-ring (bicyclic) bond motifs is 1. The predicted molar refractivity (Wildman–Crippen MR) is 111 cm³/mol. The van der Waals surface area contributed by atoms with Gasteiger partial charge in [0.2, 0.25) is 11.8 Å². The summed E-state index contributed by atoms with van der Waals surface area (Å²) in [6, 6.07) is 7.74. The van der Waals surface area contributed by atoms with Gasteiger partial charge >= 0.3 is 0 Å². The maximum Gasteiger partial charge on any atom is 0.238 e. The van der Waals surface area contributed by atoms with Gasteiger partial charge in [-0.25, -0.2) is 0 Å². The molecule has 1 aromatic rings. The number of carbonyl (C=O) groups is 2. The number of morpholine rings is 1. The van der Waals surface area contributed by atoms with Crippen LogP contribution < -0.4 is 10.6 Å². The first kappa shape index (κ1) is 19.7. The van der Waals surface area contributed by atoms with Crippen molar-refractivity contribution in [3.63, 3.8) is 0 Å². The monoisotopic (exact) mass is 403 g/mol. The molecule has 2 heterocycles. The average Bonchev–Trinajstić information content (AvgIpc) is 2.74. The highest BCUT2D eigenvalue weighted by molar-refractivity contribution is 8.01. The molecule has 4 rings (SSSR count). The maximum atomic E-state index is 12.7. The zero-order chi connectivity index (χ0) is 19.4. The van der Waals surface area contributed by atoms with Crippen LogP contribution in [0.4, 0.5) is 5.69 Å². The number of para-hydroxylation sites is 1. The van der Waals surface area contributed by atoms with E-state index in [1.54, 1.807) is 0 Å². The molecule has 28 heavy (non-hydrogen) atoms. The molecule has 1 aromatic carbocycles. The van der Waals surface area contributed by atoms with Crippen LogP contribution in [0.3, 0.4) is 0 Å². The lowest BCUT2D eigenvalue weighted by Crippen LogP contribution is -2.59. The number of benzene rings is 1. The topological polar surface area (TPSA) is 70.7 Å². The average molecular weight is 404 g/mol. The first-order valence-corrected chi connectivity index (χ1v) is 11.2. The van der Waals surface area contributed by atoms with E-state index in [2.05, 4.69) is 15.5 Å². The highest BCUT2D eigenvalue weighted by Crippen LogP contribution is 2.37. The van der Waals surface area contributed by atoms with Crippen LogP contribution in [0, 0.1) is 0 Å². The number of thioether (sulfide) groups is 1. The number of anilines is 1. The van der Waals surface area contributed by atoms with Crippen LogP contribution in [-0.4, -0.2) is 60.4 Å². The van der Waals surface area contributed by atoms with Gasteiger partial charge in [-0.15, -0.1) is 11.8 Å². The molecule has 2 fully saturated rings. The molecule has 1 saturated heterocycles. The van der Waals surface area contributed by atoms with Gasteiger partial charge in [0.25, 0.3) is 0 Å². The summed E-state index contributed by atoms with van der Waals surface area (Å²) in [7, 11) is 0. The molecule has 0 spiro atoms. The molecule has 0 radical (unpaired) electrons. The molecule has 3 aliphatic rings. The summed E-state index contributed by atoms with van der Waals surface area (Å²) in [4.78, 5) is 28.6. The highest BCUT2D eigenvalue weighted by atomic mass is 32.2. The van der Waals surface area contributed by atoms with Crippen LogP contribution in [0.15, 0.2) is 29.2 Å². The van der Waals surface area contributed by atoms with E-state index in [1.807, 2.05) is 24.3 Å². The molecule has 1 aliphatic carbocycles. The van der Waals surface area contributed by atoms with E-state index < -0.39 is 0 Å². The van der Waals surface area contributed by atoms with Crippen molar-refractivity contribution in [2.24, 2.45) is 0 Å². The fourth-order valence-corrected chi connectivity index (χ4v) is 5.69. The van der Waals surface area contributed by atoms with E-state index in [0.29, 0.717) is 6.54 Å². The van der Waals surface area contributed by atoms with Gasteiger partial charge in [0.15, 0.2) is 0 Å². The minimum atomic E-state index is -0.374. The van der Waals surface area contributed by atoms with Crippen molar-refractivity contribution in [3.05, 3.63) is 24.3 Å². The maximum absolute atomic E-state index is 12.7. The van der Waals surface area contributed by atoms with Crippen molar-refractivity contribution in [3.8, 4) is 0 Å². The van der Waals surface area contributed by atoms with Gasteiger partial charge in [-0.3, -0.25) is 14.5 Å². The predicted octanol–water partition coefficient (Wildman–Crippen LogP) is 2.64. The zero-order valence-electron chi connectivity index (χ0n) is 16.2. The molecule has 1 atom stereocenters. The number of ether oxygens (including phenoxy) is 1. The van der Waals surface area contributed by atoms with E-state index in [0.717, 1.165) is 49.7 Å². The number of carbonyl (C=O) groups excluding carboxylic acids is 2. The minimum Gasteiger partial charge on any atom is -0.379 e. The second-order valence-electron chi connectivity index (χ2n) is 7.96. The molecule has 7 heteroatoms. The summed E-state index contributed by atoms with van der Waals surface area (Å²) in [6.45, 7) is 4.09. The molecule has 2 aliphatic heterocycles. The summed E-state index contributed by atoms with van der Waals surface area (Å²) < 4.78 is 5.53. The summed E-state index contributed by atoms with van der Waals surface area (Å²) in [5.74, 6) is -0.121. The van der Waals surface area contributed by atoms with Gasteiger partial charge in [-0.1, -0.05) is 31.4 Å². The molecule has 1 saturated carbocycles. The lowest BCUT2D eigenvalue weighted by Gasteiger charge is -2.48. The number of hydrogen-bond donors (Lipinski definition) is 2. The lowest BCUT2D eigenvalue weighted by molar-refractivity contribution is -0.125. The quantitative estimate of drug-likeness (QED) is 0.791. The number of nitrogens with zero attached hydrogens (tertiary/aromatic N) is 1. The van der Waals surface area contributed by atoms with Crippen LogP contribution in [0.25, 0.3) is 0 Å². The Morgan fingerprint density at radius 3 is 2.75 bits per heavy atom. The van der Waals surface area contributed by atoms with Crippen LogP contribution in [0.1, 0.15) is 38.5 Å². The Balaban J connectivity index is 1.35. The molecule has 6 nitrogen and oxygen atoms in total. The molecule has 2 amide bonds. The second-order valence-corrected chi connectivity index (χ2v) is 9.20. The molecule has 2 N–H and O–H groups in total. The number of hydrogen-bond acceptors (Lipinski definition) is 5. The van der Waals surface area contributed by atoms with Crippen molar-refractivity contribution in [1.82, 2.24) is 10.2 Å². The molecule has 0 bridgehead atoms. The lowest BCUT2D eigenvalue weighted by atomic mass is 9.79. The van der Waals surface area contributed by atoms with Gasteiger partial charge in [0, 0.05) is 36.5 Å². The highest BCUT2D eigenvalue weighted by Gasteiger charge is 2.39. The first-order valence-electron chi connectivity index (χ1n) is 10.3. The Labute approximate surface area is 170 Å². The third-order valence-electron chi connectivity index (χ3n) is 6.16. The van der Waals surface area contributed by atoms with E-state index in [4.69, 9.17) is 4.74 Å². The van der Waals surface area contributed by atoms with Gasteiger partial charge in [0.1, 0.15) is 0 Å². The van der Waals surface area contributed by atoms with Gasteiger partial charge in [-0.2, -0.15) is 0 Å². The van der Waals surface area contributed by atoms with Crippen LogP contribution in [-0.2, 0) is 14.3 Å². The van der Waals surface area contributed by atoms with Crippen molar-refractivity contribution in [2.75, 3.05) is 38.2 Å². The van der Waals surface area contributed by atoms with E-state index >= 15 is 0 Å². The van der Waals surface area contributed by atoms with Crippen LogP contribution in [0.5, 0.6) is 0 Å². The second kappa shape index (κ2) is 8.84. The van der Waals surface area contributed by atoms with Crippen molar-refractivity contribution in [2.45, 2.75) is 54.2 Å². The smallest absolute Gasteiger partial charge is 0.238 e. The van der Waals surface area contributed by atoms with E-state index in [1.165, 1.54) is 31.0 Å². The molecule has 0 aromatic heterocycles. The fourth-order valence-electron chi connectivity index (χ4n) is 4.58. The molecule has 0 unspecified atom stereocenters. The Kier molecular flexibility index (Phi) is 6.23. The van der Waals surface area contributed by atoms with E-state index in [9.17, 15) is 9.59 Å². The first-order chi connectivity index (χ1) is 13.7. The van der Waals surface area contributed by atoms with Crippen LogP contribution >= 0.6 is 11.8 Å². The summed E-state index contributed by atoms with van der Waals surface area (Å²) in [5, 5.41) is 5.71. The van der Waals surface area contributed by atoms with E-state index in [-0.39, 0.29) is 29.0 Å². The normalized spacial score (nSPS) is 24.9. The number of rotatable bonds is 5. The Morgan fingerprint density at radius 1 is 1.21 bits per heavy atom. The fraction of sp³-hybridized carbons (Fsp3) is 0.619. The SMILES string of the molecule is O=C(C[C@H]1Sc2ccccc2NC1=O)NCC1(N2CCOCC2)CCCCC1. The summed E-state index contributed by atoms with van der Waals surface area (Å²) in [6.07, 6.45) is 6.16. The Hall–Kier alpha value is -1.57. The largest absolute Gasteiger partial charge is 0.379 e. The third kappa shape index (κ3) is 4.36. The standard InChI is InChI=1S/C21H29N3O3S/c25-19(14-18-20(26)23-16-6-2-3-7-17(16)28-18)22-15-21(8-4-1-5-9-21)24-10-12-27-13-11-24/h2-3,6-7,18H,1,4-5,8-15H2,(H,22,25)(H,23,26)/t18-/m1/s1. The Bertz CT molecular complexity index is 715. The van der Waals surface area contributed by atoms with Crippen molar-refractivity contribution < 1.29 is 14.3 Å². The molecule has 152 valence electrons. The van der Waals surface area contributed by atoms with Gasteiger partial charge in [-0.05, 0) is 25.0 Å². The summed E-state index contributed by atoms with van der Waals surface area (Å²) in [5.41, 5.74) is 0.884. The number of amides is 2. The van der Waals surface area contributed by atoms with Crippen molar-refractivity contribution >= 4 is 29.3 Å². The Morgan fingerprint density at radius 2 is 1.96 bits per heavy atom. The van der Waals surface area contributed by atoms with Gasteiger partial charge in [0.05, 0.1) is 24.2 Å². The van der Waals surface area contributed by atoms with Gasteiger partial charge < -0.3 is 15.4 Å². The third-order valence-corrected chi connectivity index (χ3v) is 7.43. The zero-order valence-corrected chi connectivity index (χ0v) is 17.1. The minimum absolute atomic E-state index is 0.0368. The van der Waals surface area contributed by atoms with Crippen LogP contribution in [0.2, 0.25) is 0 Å². The number of nitrogens with one attached hydrogen (secondary N) is 2. The van der Waals surface area contributed by atoms with Crippen molar-refractivity contribution in [1.29, 1.82) is 0 Å². The molecular weight excluding hydrogens is 374 g/mol. The summed E-state index contributed by atoms with van der Waals surface area (Å²) >= 11 is 1.48. The molecular formula is C21H29N3O3S.